The summed E-state index contributed by atoms with van der Waals surface area (Å²) in [6.07, 6.45) is 12.6. The Morgan fingerprint density at radius 3 is 2.42 bits per heavy atom. The van der Waals surface area contributed by atoms with Gasteiger partial charge in [-0.05, 0) is 103 Å². The maximum atomic E-state index is 4.24. The molecule has 40 heavy (non-hydrogen) atoms. The lowest BCUT2D eigenvalue weighted by molar-refractivity contribution is 0.739. The summed E-state index contributed by atoms with van der Waals surface area (Å²) in [5, 5.41) is 5.83. The smallest absolute Gasteiger partial charge is 0.0286 e. The van der Waals surface area contributed by atoms with Crippen LogP contribution in [0.4, 0.5) is 0 Å². The zero-order valence-corrected chi connectivity index (χ0v) is 24.1. The van der Waals surface area contributed by atoms with Gasteiger partial charge >= 0.3 is 0 Å². The minimum absolute atomic E-state index is 0.446. The third kappa shape index (κ3) is 4.16. The molecule has 0 spiro atoms. The standard InChI is InChI=1S/C39H34S/c1-4-25(3)38-31(5-2)34-16-8-9-17-35(34)36-21-20-27(24-37(36)38)26-13-10-14-28(22-26)32-18-11-19-33-29-12-6-7-15-30(23-29)40-39(32)33/h5-6,8-14,16-25,30H,2,4,7,15H2,1,3H3. The number of thioether (sulfide) groups is 1. The first-order chi connectivity index (χ1) is 19.7. The number of hydrogen-bond donors (Lipinski definition) is 0. The summed E-state index contributed by atoms with van der Waals surface area (Å²) in [5.74, 6) is 0.446. The van der Waals surface area contributed by atoms with Crippen molar-refractivity contribution in [3.05, 3.63) is 126 Å². The normalized spacial score (nSPS) is 16.9. The molecule has 1 aliphatic heterocycles. The highest BCUT2D eigenvalue weighted by Crippen LogP contribution is 2.47. The molecule has 7 rings (SSSR count). The van der Waals surface area contributed by atoms with Crippen molar-refractivity contribution in [1.82, 2.24) is 0 Å². The van der Waals surface area contributed by atoms with E-state index in [1.165, 1.54) is 77.4 Å². The largest absolute Gasteiger partial charge is 0.117 e. The van der Waals surface area contributed by atoms with Crippen LogP contribution in [0.5, 0.6) is 0 Å². The Labute approximate surface area is 242 Å². The number of rotatable bonds is 5. The van der Waals surface area contributed by atoms with E-state index in [1.54, 1.807) is 0 Å². The molecule has 2 aliphatic rings. The Kier molecular flexibility index (Phi) is 6.48. The fraction of sp³-hybridized carbons (Fsp3) is 0.179. The highest BCUT2D eigenvalue weighted by Gasteiger charge is 2.23. The van der Waals surface area contributed by atoms with Crippen LogP contribution in [-0.4, -0.2) is 5.25 Å². The summed E-state index contributed by atoms with van der Waals surface area (Å²) in [7, 11) is 0. The fourth-order valence-corrected chi connectivity index (χ4v) is 8.00. The Bertz CT molecular complexity index is 1850. The van der Waals surface area contributed by atoms with Gasteiger partial charge in [-0.3, -0.25) is 0 Å². The van der Waals surface area contributed by atoms with Crippen LogP contribution in [0, 0.1) is 0 Å². The van der Waals surface area contributed by atoms with Crippen LogP contribution < -0.4 is 0 Å². The SMILES string of the molecule is C=Cc1c(C(C)CC)c2cc(-c3cccc(-c4cccc5c4SC4C=C5C=CCC4)c3)ccc2c2ccccc12. The van der Waals surface area contributed by atoms with Gasteiger partial charge in [-0.1, -0.05) is 118 Å². The average molecular weight is 535 g/mol. The van der Waals surface area contributed by atoms with Crippen molar-refractivity contribution in [3.8, 4) is 22.3 Å². The molecule has 0 saturated heterocycles. The van der Waals surface area contributed by atoms with Gasteiger partial charge in [-0.2, -0.15) is 0 Å². The zero-order valence-electron chi connectivity index (χ0n) is 23.3. The van der Waals surface area contributed by atoms with E-state index in [4.69, 9.17) is 0 Å². The van der Waals surface area contributed by atoms with Gasteiger partial charge in [-0.15, -0.1) is 11.8 Å². The molecule has 196 valence electrons. The summed E-state index contributed by atoms with van der Waals surface area (Å²) < 4.78 is 0. The van der Waals surface area contributed by atoms with Crippen LogP contribution in [0.2, 0.25) is 0 Å². The Hall–Kier alpha value is -3.81. The van der Waals surface area contributed by atoms with Gasteiger partial charge in [0.05, 0.1) is 0 Å². The highest BCUT2D eigenvalue weighted by atomic mass is 32.2. The van der Waals surface area contributed by atoms with Crippen molar-refractivity contribution in [1.29, 1.82) is 0 Å². The molecule has 2 bridgehead atoms. The molecular weight excluding hydrogens is 500 g/mol. The Morgan fingerprint density at radius 1 is 0.825 bits per heavy atom. The lowest BCUT2D eigenvalue weighted by Crippen LogP contribution is -2.05. The molecule has 0 radical (unpaired) electrons. The van der Waals surface area contributed by atoms with Crippen LogP contribution in [0.25, 0.3) is 55.4 Å². The second kappa shape index (κ2) is 10.3. The van der Waals surface area contributed by atoms with E-state index in [0.29, 0.717) is 11.2 Å². The van der Waals surface area contributed by atoms with Crippen LogP contribution in [-0.2, 0) is 0 Å². The minimum Gasteiger partial charge on any atom is -0.117 e. The van der Waals surface area contributed by atoms with Crippen molar-refractivity contribution < 1.29 is 0 Å². The summed E-state index contributed by atoms with van der Waals surface area (Å²) in [6, 6.07) is 31.8. The molecule has 0 nitrogen and oxygen atoms in total. The van der Waals surface area contributed by atoms with Crippen LogP contribution >= 0.6 is 11.8 Å². The van der Waals surface area contributed by atoms with E-state index in [-0.39, 0.29) is 0 Å². The lowest BCUT2D eigenvalue weighted by atomic mass is 9.83. The third-order valence-corrected chi connectivity index (χ3v) is 10.1. The van der Waals surface area contributed by atoms with Crippen LogP contribution in [0.1, 0.15) is 55.7 Å². The fourth-order valence-electron chi connectivity index (χ4n) is 6.60. The number of benzene rings is 5. The second-order valence-corrected chi connectivity index (χ2v) is 12.4. The lowest BCUT2D eigenvalue weighted by Gasteiger charge is -2.24. The van der Waals surface area contributed by atoms with Gasteiger partial charge in [-0.25, -0.2) is 0 Å². The van der Waals surface area contributed by atoms with E-state index in [2.05, 4.69) is 130 Å². The molecule has 0 N–H and O–H groups in total. The molecule has 0 amide bonds. The van der Waals surface area contributed by atoms with Crippen LogP contribution in [0.3, 0.4) is 0 Å². The van der Waals surface area contributed by atoms with Gasteiger partial charge in [0, 0.05) is 10.1 Å². The molecule has 1 heterocycles. The molecule has 5 aromatic rings. The summed E-state index contributed by atoms with van der Waals surface area (Å²) in [5.41, 5.74) is 10.6. The van der Waals surface area contributed by atoms with Gasteiger partial charge in [0.15, 0.2) is 0 Å². The third-order valence-electron chi connectivity index (χ3n) is 8.80. The maximum Gasteiger partial charge on any atom is 0.0286 e. The monoisotopic (exact) mass is 534 g/mol. The number of allylic oxidation sites excluding steroid dienone is 3. The minimum atomic E-state index is 0.446. The Balaban J connectivity index is 1.39. The van der Waals surface area contributed by atoms with Gasteiger partial charge in [0.25, 0.3) is 0 Å². The van der Waals surface area contributed by atoms with E-state index >= 15 is 0 Å². The van der Waals surface area contributed by atoms with Crippen molar-refractivity contribution in [3.63, 3.8) is 0 Å². The summed E-state index contributed by atoms with van der Waals surface area (Å²) >= 11 is 2.04. The summed E-state index contributed by atoms with van der Waals surface area (Å²) in [4.78, 5) is 1.42. The number of fused-ring (bicyclic) bond motifs is 6. The average Bonchev–Trinajstić information content (AvgIpc) is 3.21. The predicted molar refractivity (Wildman–Crippen MR) is 177 cm³/mol. The summed E-state index contributed by atoms with van der Waals surface area (Å²) in [6.45, 7) is 8.88. The molecular formula is C39H34S. The topological polar surface area (TPSA) is 0 Å². The van der Waals surface area contributed by atoms with Gasteiger partial charge in [0.2, 0.25) is 0 Å². The van der Waals surface area contributed by atoms with Crippen molar-refractivity contribution in [2.24, 2.45) is 0 Å². The highest BCUT2D eigenvalue weighted by molar-refractivity contribution is 8.00. The molecule has 5 aromatic carbocycles. The second-order valence-electron chi connectivity index (χ2n) is 11.2. The molecule has 2 atom stereocenters. The quantitative estimate of drug-likeness (QED) is 0.202. The molecule has 0 saturated carbocycles. The van der Waals surface area contributed by atoms with E-state index in [1.807, 2.05) is 11.8 Å². The van der Waals surface area contributed by atoms with E-state index < -0.39 is 0 Å². The molecule has 1 heteroatoms. The van der Waals surface area contributed by atoms with Gasteiger partial charge < -0.3 is 0 Å². The first-order valence-electron chi connectivity index (χ1n) is 14.6. The molecule has 1 aliphatic carbocycles. The molecule has 2 unspecified atom stereocenters. The molecule has 0 aromatic heterocycles. The van der Waals surface area contributed by atoms with E-state index in [0.717, 1.165) is 12.8 Å². The maximum absolute atomic E-state index is 4.24. The Morgan fingerprint density at radius 2 is 1.57 bits per heavy atom. The first-order valence-corrected chi connectivity index (χ1v) is 15.4. The predicted octanol–water partition coefficient (Wildman–Crippen LogP) is 11.7. The number of hydrogen-bond acceptors (Lipinski definition) is 1. The zero-order chi connectivity index (χ0) is 27.2. The van der Waals surface area contributed by atoms with Crippen molar-refractivity contribution in [2.75, 3.05) is 0 Å². The van der Waals surface area contributed by atoms with Crippen LogP contribution in [0.15, 0.2) is 115 Å². The first kappa shape index (κ1) is 25.2. The molecule has 0 fully saturated rings. The van der Waals surface area contributed by atoms with Crippen molar-refractivity contribution >= 4 is 45.0 Å². The van der Waals surface area contributed by atoms with Crippen molar-refractivity contribution in [2.45, 2.75) is 49.2 Å². The van der Waals surface area contributed by atoms with E-state index in [9.17, 15) is 0 Å². The van der Waals surface area contributed by atoms with Gasteiger partial charge in [0.1, 0.15) is 0 Å².